The minimum absolute atomic E-state index is 0.195. The lowest BCUT2D eigenvalue weighted by atomic mass is 10.0. The fourth-order valence-corrected chi connectivity index (χ4v) is 3.37. The monoisotopic (exact) mass is 398 g/mol. The van der Waals surface area contributed by atoms with Crippen molar-refractivity contribution in [1.29, 1.82) is 0 Å². The second kappa shape index (κ2) is 8.51. The summed E-state index contributed by atoms with van der Waals surface area (Å²) in [5, 5.41) is 4.73. The fraction of sp³-hybridized carbons (Fsp3) is 0.409. The molecule has 1 amide bonds. The Balaban J connectivity index is 1.80. The number of hydrogen-bond donors (Lipinski definition) is 0. The van der Waals surface area contributed by atoms with Crippen LogP contribution in [-0.4, -0.2) is 29.1 Å². The van der Waals surface area contributed by atoms with Gasteiger partial charge in [-0.1, -0.05) is 18.5 Å². The van der Waals surface area contributed by atoms with E-state index in [1.54, 1.807) is 20.0 Å². The first-order valence-electron chi connectivity index (χ1n) is 9.70. The van der Waals surface area contributed by atoms with E-state index in [0.717, 1.165) is 29.5 Å². The molecular formula is C22H26N2O5. The standard InChI is InChI=1S/C22H26N2O5/c1-6-7-16-11-20(25)28-21-14(3)19(9-8-18(16)21)27-15(4)22(26)24(5)12-17-10-13(2)23-29-17/h8-11,15H,6-7,12H2,1-5H3. The van der Waals surface area contributed by atoms with Crippen LogP contribution in [0.5, 0.6) is 5.75 Å². The zero-order chi connectivity index (χ0) is 21.1. The van der Waals surface area contributed by atoms with Gasteiger partial charge in [0.15, 0.2) is 11.9 Å². The molecule has 1 atom stereocenters. The SMILES string of the molecule is CCCc1cc(=O)oc2c(C)c(OC(C)C(=O)N(C)Cc3cc(C)no3)ccc12. The summed E-state index contributed by atoms with van der Waals surface area (Å²) in [5.41, 5.74) is 2.54. The number of aromatic nitrogens is 1. The van der Waals surface area contributed by atoms with Crippen LogP contribution in [-0.2, 0) is 17.8 Å². The van der Waals surface area contributed by atoms with Gasteiger partial charge in [0.05, 0.1) is 12.2 Å². The van der Waals surface area contributed by atoms with E-state index < -0.39 is 6.10 Å². The number of amides is 1. The van der Waals surface area contributed by atoms with Gasteiger partial charge in [-0.2, -0.15) is 0 Å². The highest BCUT2D eigenvalue weighted by atomic mass is 16.5. The van der Waals surface area contributed by atoms with Gasteiger partial charge in [0.2, 0.25) is 0 Å². The van der Waals surface area contributed by atoms with E-state index in [1.807, 2.05) is 26.0 Å². The Labute approximate surface area is 169 Å². The molecular weight excluding hydrogens is 372 g/mol. The maximum atomic E-state index is 12.7. The van der Waals surface area contributed by atoms with Crippen LogP contribution in [0.25, 0.3) is 11.0 Å². The summed E-state index contributed by atoms with van der Waals surface area (Å²) in [6, 6.07) is 7.03. The van der Waals surface area contributed by atoms with Crippen molar-refractivity contribution in [3.05, 3.63) is 57.3 Å². The summed E-state index contributed by atoms with van der Waals surface area (Å²) < 4.78 is 16.5. The molecule has 0 aliphatic carbocycles. The second-order valence-corrected chi connectivity index (χ2v) is 7.30. The Morgan fingerprint density at radius 1 is 1.28 bits per heavy atom. The summed E-state index contributed by atoms with van der Waals surface area (Å²) in [6.07, 6.45) is 1.01. The Morgan fingerprint density at radius 2 is 2.03 bits per heavy atom. The van der Waals surface area contributed by atoms with Gasteiger partial charge < -0.3 is 18.6 Å². The molecule has 2 heterocycles. The molecule has 154 valence electrons. The maximum absolute atomic E-state index is 12.7. The summed E-state index contributed by atoms with van der Waals surface area (Å²) in [5.74, 6) is 0.927. The largest absolute Gasteiger partial charge is 0.480 e. The predicted molar refractivity (Wildman–Crippen MR) is 109 cm³/mol. The smallest absolute Gasteiger partial charge is 0.336 e. The van der Waals surface area contributed by atoms with Gasteiger partial charge >= 0.3 is 5.63 Å². The number of aryl methyl sites for hydroxylation is 3. The van der Waals surface area contributed by atoms with Gasteiger partial charge in [-0.15, -0.1) is 0 Å². The average molecular weight is 398 g/mol. The first kappa shape index (κ1) is 20.6. The van der Waals surface area contributed by atoms with E-state index in [0.29, 0.717) is 29.2 Å². The van der Waals surface area contributed by atoms with Crippen LogP contribution in [0.1, 0.15) is 42.8 Å². The number of hydrogen-bond acceptors (Lipinski definition) is 6. The van der Waals surface area contributed by atoms with E-state index in [2.05, 4.69) is 12.1 Å². The zero-order valence-corrected chi connectivity index (χ0v) is 17.4. The van der Waals surface area contributed by atoms with Crippen molar-refractivity contribution >= 4 is 16.9 Å². The van der Waals surface area contributed by atoms with E-state index >= 15 is 0 Å². The molecule has 29 heavy (non-hydrogen) atoms. The van der Waals surface area contributed by atoms with Gasteiger partial charge in [-0.3, -0.25) is 4.79 Å². The van der Waals surface area contributed by atoms with E-state index in [9.17, 15) is 9.59 Å². The minimum Gasteiger partial charge on any atom is -0.480 e. The maximum Gasteiger partial charge on any atom is 0.336 e. The molecule has 0 aliphatic heterocycles. The molecule has 7 heteroatoms. The van der Waals surface area contributed by atoms with E-state index in [1.165, 1.54) is 11.0 Å². The Hall–Kier alpha value is -3.09. The number of likely N-dealkylation sites (N-methyl/N-ethyl adjacent to an activating group) is 1. The highest BCUT2D eigenvalue weighted by Gasteiger charge is 2.22. The molecule has 2 aromatic heterocycles. The topological polar surface area (TPSA) is 85.8 Å². The molecule has 0 saturated heterocycles. The first-order valence-corrected chi connectivity index (χ1v) is 9.70. The van der Waals surface area contributed by atoms with Gasteiger partial charge in [0.1, 0.15) is 11.3 Å². The van der Waals surface area contributed by atoms with Crippen molar-refractivity contribution in [1.82, 2.24) is 10.1 Å². The van der Waals surface area contributed by atoms with Crippen LogP contribution in [0.2, 0.25) is 0 Å². The molecule has 7 nitrogen and oxygen atoms in total. The van der Waals surface area contributed by atoms with Crippen molar-refractivity contribution in [3.63, 3.8) is 0 Å². The van der Waals surface area contributed by atoms with Crippen LogP contribution in [0.15, 0.2) is 38.0 Å². The molecule has 0 N–H and O–H groups in total. The van der Waals surface area contributed by atoms with Crippen LogP contribution in [0.3, 0.4) is 0 Å². The Morgan fingerprint density at radius 3 is 2.69 bits per heavy atom. The zero-order valence-electron chi connectivity index (χ0n) is 17.4. The molecule has 3 aromatic rings. The van der Waals surface area contributed by atoms with Crippen molar-refractivity contribution < 1.29 is 18.5 Å². The van der Waals surface area contributed by atoms with E-state index in [4.69, 9.17) is 13.7 Å². The molecule has 0 radical (unpaired) electrons. The molecule has 1 aromatic carbocycles. The quantitative estimate of drug-likeness (QED) is 0.563. The van der Waals surface area contributed by atoms with Crippen LogP contribution < -0.4 is 10.4 Å². The molecule has 3 rings (SSSR count). The van der Waals surface area contributed by atoms with Gasteiger partial charge in [0.25, 0.3) is 5.91 Å². The lowest BCUT2D eigenvalue weighted by Crippen LogP contribution is -2.37. The summed E-state index contributed by atoms with van der Waals surface area (Å²) >= 11 is 0. The average Bonchev–Trinajstić information content (AvgIpc) is 3.08. The summed E-state index contributed by atoms with van der Waals surface area (Å²) in [7, 11) is 1.68. The lowest BCUT2D eigenvalue weighted by molar-refractivity contribution is -0.137. The fourth-order valence-electron chi connectivity index (χ4n) is 3.37. The minimum atomic E-state index is -0.717. The van der Waals surface area contributed by atoms with Gasteiger partial charge in [-0.25, -0.2) is 4.79 Å². The predicted octanol–water partition coefficient (Wildman–Crippen LogP) is 3.78. The van der Waals surface area contributed by atoms with Crippen LogP contribution in [0, 0.1) is 13.8 Å². The van der Waals surface area contributed by atoms with Crippen molar-refractivity contribution in [2.75, 3.05) is 7.05 Å². The Kier molecular flexibility index (Phi) is 6.06. The number of carbonyl (C=O) groups excluding carboxylic acids is 1. The number of fused-ring (bicyclic) bond motifs is 1. The number of ether oxygens (including phenoxy) is 1. The highest BCUT2D eigenvalue weighted by molar-refractivity contribution is 5.85. The molecule has 0 bridgehead atoms. The van der Waals surface area contributed by atoms with Crippen LogP contribution >= 0.6 is 0 Å². The molecule has 0 aliphatic rings. The van der Waals surface area contributed by atoms with Crippen LogP contribution in [0.4, 0.5) is 0 Å². The summed E-state index contributed by atoms with van der Waals surface area (Å²) in [4.78, 5) is 26.2. The number of benzene rings is 1. The first-order chi connectivity index (χ1) is 13.8. The van der Waals surface area contributed by atoms with Crippen molar-refractivity contribution in [2.24, 2.45) is 0 Å². The van der Waals surface area contributed by atoms with E-state index in [-0.39, 0.29) is 11.5 Å². The molecule has 0 spiro atoms. The lowest BCUT2D eigenvalue weighted by Gasteiger charge is -2.22. The third-order valence-electron chi connectivity index (χ3n) is 4.81. The normalized spacial score (nSPS) is 12.2. The third-order valence-corrected chi connectivity index (χ3v) is 4.81. The molecule has 1 unspecified atom stereocenters. The Bertz CT molecular complexity index is 1080. The van der Waals surface area contributed by atoms with Crippen molar-refractivity contribution in [2.45, 2.75) is 53.2 Å². The number of nitrogens with zero attached hydrogens (tertiary/aromatic N) is 2. The summed E-state index contributed by atoms with van der Waals surface area (Å²) in [6.45, 7) is 7.72. The van der Waals surface area contributed by atoms with Crippen molar-refractivity contribution in [3.8, 4) is 5.75 Å². The second-order valence-electron chi connectivity index (χ2n) is 7.30. The third kappa shape index (κ3) is 4.50. The number of rotatable bonds is 7. The van der Waals surface area contributed by atoms with Gasteiger partial charge in [-0.05, 0) is 44.9 Å². The highest BCUT2D eigenvalue weighted by Crippen LogP contribution is 2.29. The van der Waals surface area contributed by atoms with Gasteiger partial charge in [0, 0.05) is 30.1 Å². The molecule has 0 saturated carbocycles. The number of carbonyl (C=O) groups is 1. The molecule has 0 fully saturated rings.